The third-order valence-corrected chi connectivity index (χ3v) is 5.83. The Bertz CT molecular complexity index is 871. The number of thioether (sulfide) groups is 1. The predicted molar refractivity (Wildman–Crippen MR) is 104 cm³/mol. The summed E-state index contributed by atoms with van der Waals surface area (Å²) in [5, 5.41) is 13.1. The molecule has 1 N–H and O–H groups in total. The van der Waals surface area contributed by atoms with Crippen LogP contribution in [-0.4, -0.2) is 35.3 Å². The molecule has 5 heteroatoms. The minimum absolute atomic E-state index is 0.0420. The van der Waals surface area contributed by atoms with Crippen LogP contribution in [0.2, 0.25) is 0 Å². The molecule has 0 saturated carbocycles. The van der Waals surface area contributed by atoms with E-state index in [-0.39, 0.29) is 11.7 Å². The zero-order valence-corrected chi connectivity index (χ0v) is 15.5. The van der Waals surface area contributed by atoms with Crippen molar-refractivity contribution in [1.82, 2.24) is 0 Å². The van der Waals surface area contributed by atoms with Crippen LogP contribution in [0.1, 0.15) is 5.56 Å². The molecule has 3 rings (SSSR count). The van der Waals surface area contributed by atoms with Crippen LogP contribution < -0.4 is 0 Å². The van der Waals surface area contributed by atoms with E-state index in [2.05, 4.69) is 0 Å². The highest BCUT2D eigenvalue weighted by atomic mass is 32.2. The molecular formula is C21H21FO3S. The van der Waals surface area contributed by atoms with E-state index in [1.54, 1.807) is 6.08 Å². The van der Waals surface area contributed by atoms with E-state index in [9.17, 15) is 14.3 Å². The Morgan fingerprint density at radius 2 is 2.00 bits per heavy atom. The molecule has 0 spiro atoms. The lowest BCUT2D eigenvalue weighted by Crippen LogP contribution is -2.51. The average molecular weight is 372 g/mol. The lowest BCUT2D eigenvalue weighted by atomic mass is 9.77. The first-order valence-electron chi connectivity index (χ1n) is 8.35. The van der Waals surface area contributed by atoms with Crippen molar-refractivity contribution < 1.29 is 19.0 Å². The number of benzene rings is 2. The Kier molecular flexibility index (Phi) is 5.49. The molecule has 1 aliphatic carbocycles. The molecule has 0 saturated heterocycles. The van der Waals surface area contributed by atoms with Gasteiger partial charge in [0.1, 0.15) is 5.83 Å². The highest BCUT2D eigenvalue weighted by molar-refractivity contribution is 7.99. The number of esters is 1. The van der Waals surface area contributed by atoms with Crippen molar-refractivity contribution in [2.75, 3.05) is 13.4 Å². The molecule has 1 aliphatic rings. The largest absolute Gasteiger partial charge is 0.467 e. The van der Waals surface area contributed by atoms with Crippen molar-refractivity contribution in [3.63, 3.8) is 0 Å². The number of halogens is 1. The number of carbonyl (C=O) groups is 1. The lowest BCUT2D eigenvalue weighted by molar-refractivity contribution is -0.166. The van der Waals surface area contributed by atoms with Gasteiger partial charge in [0.05, 0.1) is 7.11 Å². The van der Waals surface area contributed by atoms with Gasteiger partial charge in [0.2, 0.25) is 0 Å². The van der Waals surface area contributed by atoms with Crippen molar-refractivity contribution >= 4 is 28.5 Å². The molecule has 2 unspecified atom stereocenters. The van der Waals surface area contributed by atoms with Crippen molar-refractivity contribution in [3.05, 3.63) is 72.1 Å². The molecule has 0 heterocycles. The molecule has 3 nitrogen and oxygen atoms in total. The van der Waals surface area contributed by atoms with Crippen LogP contribution in [0.15, 0.2) is 66.5 Å². The zero-order valence-electron chi connectivity index (χ0n) is 14.7. The molecule has 0 aliphatic heterocycles. The molecule has 136 valence electrons. The molecule has 0 aromatic heterocycles. The van der Waals surface area contributed by atoms with Crippen LogP contribution in [0, 0.1) is 5.92 Å². The van der Waals surface area contributed by atoms with Gasteiger partial charge in [-0.1, -0.05) is 48.5 Å². The fourth-order valence-electron chi connectivity index (χ4n) is 3.50. The van der Waals surface area contributed by atoms with Gasteiger partial charge in [-0.25, -0.2) is 9.18 Å². The Labute approximate surface area is 156 Å². The Hall–Kier alpha value is -2.11. The molecule has 0 bridgehead atoms. The molecule has 2 aromatic carbocycles. The van der Waals surface area contributed by atoms with Gasteiger partial charge >= 0.3 is 5.97 Å². The number of hydrogen-bond donors (Lipinski definition) is 1. The first kappa shape index (κ1) is 18.7. The SMILES string of the molecule is COC(=O)[C@](O)(Cc1cccc2ccccc12)C1C=C(F)C=CC1SC. The van der Waals surface area contributed by atoms with Crippen LogP contribution in [0.3, 0.4) is 0 Å². The minimum atomic E-state index is -1.87. The molecule has 0 radical (unpaired) electrons. The van der Waals surface area contributed by atoms with Gasteiger partial charge in [0, 0.05) is 17.6 Å². The number of carbonyl (C=O) groups excluding carboxylic acids is 1. The summed E-state index contributed by atoms with van der Waals surface area (Å²) in [5.74, 6) is -1.94. The number of ether oxygens (including phenoxy) is 1. The monoisotopic (exact) mass is 372 g/mol. The normalized spacial score (nSPS) is 21.9. The standard InChI is InChI=1S/C21H21FO3S/c1-25-20(23)21(24,18-12-16(22)10-11-19(18)26-2)13-15-8-5-7-14-6-3-4-9-17(14)15/h3-12,18-19,24H,13H2,1-2H3/t18?,19?,21-/m0/s1. The molecule has 0 amide bonds. The topological polar surface area (TPSA) is 46.5 Å². The van der Waals surface area contributed by atoms with E-state index in [4.69, 9.17) is 4.74 Å². The van der Waals surface area contributed by atoms with Crippen molar-refractivity contribution in [2.45, 2.75) is 17.3 Å². The molecule has 26 heavy (non-hydrogen) atoms. The fourth-order valence-corrected chi connectivity index (χ4v) is 4.34. The van der Waals surface area contributed by atoms with Gasteiger partial charge in [-0.05, 0) is 34.7 Å². The number of aliphatic hydroxyl groups is 1. The summed E-state index contributed by atoms with van der Waals surface area (Å²) in [4.78, 5) is 12.6. The van der Waals surface area contributed by atoms with E-state index < -0.39 is 23.3 Å². The number of allylic oxidation sites excluding steroid dienone is 2. The quantitative estimate of drug-likeness (QED) is 0.804. The van der Waals surface area contributed by atoms with Crippen LogP contribution in [-0.2, 0) is 16.0 Å². The third kappa shape index (κ3) is 3.41. The van der Waals surface area contributed by atoms with E-state index in [1.807, 2.05) is 48.7 Å². The fraction of sp³-hybridized carbons (Fsp3) is 0.286. The summed E-state index contributed by atoms with van der Waals surface area (Å²) in [5.41, 5.74) is -1.05. The Morgan fingerprint density at radius 3 is 2.73 bits per heavy atom. The van der Waals surface area contributed by atoms with E-state index in [0.717, 1.165) is 16.3 Å². The van der Waals surface area contributed by atoms with Crippen LogP contribution >= 0.6 is 11.8 Å². The molecular weight excluding hydrogens is 351 g/mol. The van der Waals surface area contributed by atoms with Gasteiger partial charge in [-0.2, -0.15) is 11.8 Å². The summed E-state index contributed by atoms with van der Waals surface area (Å²) in [7, 11) is 1.24. The minimum Gasteiger partial charge on any atom is -0.467 e. The number of hydrogen-bond acceptors (Lipinski definition) is 4. The highest BCUT2D eigenvalue weighted by Crippen LogP contribution is 2.38. The second kappa shape index (κ2) is 7.64. The van der Waals surface area contributed by atoms with Gasteiger partial charge in [-0.3, -0.25) is 0 Å². The number of rotatable bonds is 5. The third-order valence-electron chi connectivity index (χ3n) is 4.84. The zero-order chi connectivity index (χ0) is 18.7. The van der Waals surface area contributed by atoms with Crippen molar-refractivity contribution in [3.8, 4) is 0 Å². The summed E-state index contributed by atoms with van der Waals surface area (Å²) in [6.45, 7) is 0. The van der Waals surface area contributed by atoms with Gasteiger partial charge < -0.3 is 9.84 Å². The second-order valence-electron chi connectivity index (χ2n) is 6.37. The average Bonchev–Trinajstić information content (AvgIpc) is 2.67. The Balaban J connectivity index is 2.08. The number of fused-ring (bicyclic) bond motifs is 1. The van der Waals surface area contributed by atoms with Crippen LogP contribution in [0.4, 0.5) is 4.39 Å². The maximum absolute atomic E-state index is 13.9. The van der Waals surface area contributed by atoms with Gasteiger partial charge in [-0.15, -0.1) is 0 Å². The lowest BCUT2D eigenvalue weighted by Gasteiger charge is -2.36. The van der Waals surface area contributed by atoms with Gasteiger partial charge in [0.25, 0.3) is 0 Å². The number of methoxy groups -OCH3 is 1. The van der Waals surface area contributed by atoms with Crippen LogP contribution in [0.25, 0.3) is 10.8 Å². The van der Waals surface area contributed by atoms with E-state index >= 15 is 0 Å². The summed E-state index contributed by atoms with van der Waals surface area (Å²) >= 11 is 1.46. The van der Waals surface area contributed by atoms with Crippen molar-refractivity contribution in [1.29, 1.82) is 0 Å². The summed E-state index contributed by atoms with van der Waals surface area (Å²) < 4.78 is 18.8. The first-order chi connectivity index (χ1) is 12.5. The second-order valence-corrected chi connectivity index (χ2v) is 7.38. The molecule has 3 atom stereocenters. The van der Waals surface area contributed by atoms with E-state index in [0.29, 0.717) is 0 Å². The molecule has 0 fully saturated rings. The van der Waals surface area contributed by atoms with Gasteiger partial charge in [0.15, 0.2) is 5.60 Å². The summed E-state index contributed by atoms with van der Waals surface area (Å²) in [6, 6.07) is 13.5. The predicted octanol–water partition coefficient (Wildman–Crippen LogP) is 4.06. The first-order valence-corrected chi connectivity index (χ1v) is 9.64. The highest BCUT2D eigenvalue weighted by Gasteiger charge is 2.48. The Morgan fingerprint density at radius 1 is 1.27 bits per heavy atom. The smallest absolute Gasteiger partial charge is 0.338 e. The summed E-state index contributed by atoms with van der Waals surface area (Å²) in [6.07, 6.45) is 6.28. The van der Waals surface area contributed by atoms with E-state index in [1.165, 1.54) is 31.0 Å². The maximum Gasteiger partial charge on any atom is 0.338 e. The molecule has 2 aromatic rings. The van der Waals surface area contributed by atoms with Crippen molar-refractivity contribution in [2.24, 2.45) is 5.92 Å². The van der Waals surface area contributed by atoms with Crippen LogP contribution in [0.5, 0.6) is 0 Å². The maximum atomic E-state index is 13.9.